The van der Waals surface area contributed by atoms with Crippen LogP contribution in [0.3, 0.4) is 0 Å². The molecule has 0 aromatic rings. The largest absolute Gasteiger partial charge is 0.469 e. The molecule has 15 heavy (non-hydrogen) atoms. The van der Waals surface area contributed by atoms with Gasteiger partial charge in [0.25, 0.3) is 0 Å². The molecule has 0 heterocycles. The predicted octanol–water partition coefficient (Wildman–Crippen LogP) is 3.32. The third-order valence-corrected chi connectivity index (χ3v) is 3.91. The predicted molar refractivity (Wildman–Crippen MR) is 61.5 cm³/mol. The molecule has 0 aliphatic heterocycles. The first-order valence-corrected chi connectivity index (χ1v) is 5.72. The van der Waals surface area contributed by atoms with Crippen molar-refractivity contribution in [2.45, 2.75) is 46.5 Å². The van der Waals surface area contributed by atoms with Gasteiger partial charge in [-0.1, -0.05) is 25.5 Å². The van der Waals surface area contributed by atoms with Crippen LogP contribution >= 0.6 is 0 Å². The van der Waals surface area contributed by atoms with E-state index in [-0.39, 0.29) is 5.97 Å². The maximum atomic E-state index is 11.0. The number of methoxy groups -OCH3 is 1. The van der Waals surface area contributed by atoms with E-state index in [1.54, 1.807) is 0 Å². The lowest BCUT2D eigenvalue weighted by Crippen LogP contribution is -2.20. The zero-order valence-corrected chi connectivity index (χ0v) is 10.3. The number of ether oxygens (including phenoxy) is 1. The first kappa shape index (κ1) is 12.3. The summed E-state index contributed by atoms with van der Waals surface area (Å²) in [6, 6.07) is 0. The van der Waals surface area contributed by atoms with Crippen molar-refractivity contribution < 1.29 is 9.53 Å². The fourth-order valence-corrected chi connectivity index (χ4v) is 2.27. The van der Waals surface area contributed by atoms with E-state index >= 15 is 0 Å². The van der Waals surface area contributed by atoms with Crippen molar-refractivity contribution in [1.82, 2.24) is 0 Å². The monoisotopic (exact) mass is 210 g/mol. The van der Waals surface area contributed by atoms with Crippen LogP contribution in [-0.4, -0.2) is 13.1 Å². The molecule has 1 atom stereocenters. The number of allylic oxidation sites excluding steroid dienone is 2. The average Bonchev–Trinajstić information content (AvgIpc) is 2.44. The Morgan fingerprint density at radius 3 is 2.73 bits per heavy atom. The van der Waals surface area contributed by atoms with E-state index in [9.17, 15) is 4.79 Å². The minimum absolute atomic E-state index is 0.0875. The smallest absolute Gasteiger partial charge is 0.305 e. The Kier molecular flexibility index (Phi) is 3.95. The average molecular weight is 210 g/mol. The number of carbonyl (C=O) groups is 1. The van der Waals surface area contributed by atoms with Crippen molar-refractivity contribution >= 4 is 5.97 Å². The summed E-state index contributed by atoms with van der Waals surface area (Å²) in [4.78, 5) is 11.0. The molecule has 0 saturated heterocycles. The highest BCUT2D eigenvalue weighted by Gasteiger charge is 2.34. The summed E-state index contributed by atoms with van der Waals surface area (Å²) in [5, 5.41) is 0. The van der Waals surface area contributed by atoms with Gasteiger partial charge in [-0.15, -0.1) is 0 Å². The Morgan fingerprint density at radius 2 is 2.27 bits per heavy atom. The molecule has 1 rings (SSSR count). The first-order chi connectivity index (χ1) is 6.98. The standard InChI is InChI=1S/C13H22O2/c1-10-8-9-11(13(10,2)3)6-5-7-12(14)15-4/h8,11H,5-7,9H2,1-4H3. The summed E-state index contributed by atoms with van der Waals surface area (Å²) >= 11 is 0. The molecule has 0 saturated carbocycles. The van der Waals surface area contributed by atoms with E-state index in [2.05, 4.69) is 31.6 Å². The van der Waals surface area contributed by atoms with Gasteiger partial charge in [-0.3, -0.25) is 4.79 Å². The van der Waals surface area contributed by atoms with Gasteiger partial charge in [0.1, 0.15) is 0 Å². The maximum Gasteiger partial charge on any atom is 0.305 e. The van der Waals surface area contributed by atoms with Crippen molar-refractivity contribution in [2.24, 2.45) is 11.3 Å². The lowest BCUT2D eigenvalue weighted by Gasteiger charge is -2.29. The molecule has 0 aromatic carbocycles. The second-order valence-electron chi connectivity index (χ2n) is 5.01. The van der Waals surface area contributed by atoms with Crippen LogP contribution in [0.5, 0.6) is 0 Å². The molecule has 0 aromatic heterocycles. The summed E-state index contributed by atoms with van der Waals surface area (Å²) in [6.07, 6.45) is 6.13. The van der Waals surface area contributed by atoms with Gasteiger partial charge in [0.15, 0.2) is 0 Å². The van der Waals surface area contributed by atoms with Crippen LogP contribution in [0.25, 0.3) is 0 Å². The third-order valence-electron chi connectivity index (χ3n) is 3.91. The van der Waals surface area contributed by atoms with E-state index in [1.807, 2.05) is 0 Å². The summed E-state index contributed by atoms with van der Waals surface area (Å²) in [5.74, 6) is 0.609. The van der Waals surface area contributed by atoms with Crippen LogP contribution in [0.4, 0.5) is 0 Å². The Labute approximate surface area is 92.7 Å². The van der Waals surface area contributed by atoms with Crippen LogP contribution in [0, 0.1) is 11.3 Å². The van der Waals surface area contributed by atoms with Crippen LogP contribution < -0.4 is 0 Å². The normalized spacial score (nSPS) is 23.7. The second kappa shape index (κ2) is 4.82. The van der Waals surface area contributed by atoms with Crippen LogP contribution in [0.1, 0.15) is 46.5 Å². The van der Waals surface area contributed by atoms with Crippen LogP contribution in [0.15, 0.2) is 11.6 Å². The van der Waals surface area contributed by atoms with E-state index in [0.717, 1.165) is 12.8 Å². The maximum absolute atomic E-state index is 11.0. The summed E-state index contributed by atoms with van der Waals surface area (Å²) in [7, 11) is 1.45. The highest BCUT2D eigenvalue weighted by Crippen LogP contribution is 2.45. The van der Waals surface area contributed by atoms with Crippen molar-refractivity contribution in [2.75, 3.05) is 7.11 Å². The Balaban J connectivity index is 2.33. The summed E-state index contributed by atoms with van der Waals surface area (Å²) < 4.78 is 4.64. The highest BCUT2D eigenvalue weighted by molar-refractivity contribution is 5.68. The lowest BCUT2D eigenvalue weighted by molar-refractivity contribution is -0.140. The molecule has 0 radical (unpaired) electrons. The molecule has 2 heteroatoms. The molecule has 2 nitrogen and oxygen atoms in total. The number of hydrogen-bond acceptors (Lipinski definition) is 2. The zero-order chi connectivity index (χ0) is 11.5. The van der Waals surface area contributed by atoms with Gasteiger partial charge in [-0.2, -0.15) is 0 Å². The van der Waals surface area contributed by atoms with Gasteiger partial charge in [-0.25, -0.2) is 0 Å². The van der Waals surface area contributed by atoms with Gasteiger partial charge in [0, 0.05) is 6.42 Å². The molecule has 0 spiro atoms. The van der Waals surface area contributed by atoms with Crippen molar-refractivity contribution in [3.63, 3.8) is 0 Å². The van der Waals surface area contributed by atoms with Gasteiger partial charge in [0.2, 0.25) is 0 Å². The number of esters is 1. The quantitative estimate of drug-likeness (QED) is 0.525. The fourth-order valence-electron chi connectivity index (χ4n) is 2.27. The SMILES string of the molecule is COC(=O)CCCC1CC=C(C)C1(C)C. The molecule has 1 aliphatic rings. The van der Waals surface area contributed by atoms with E-state index in [1.165, 1.54) is 19.1 Å². The third kappa shape index (κ3) is 2.83. The van der Waals surface area contributed by atoms with Gasteiger partial charge < -0.3 is 4.74 Å². The van der Waals surface area contributed by atoms with Crippen molar-refractivity contribution in [3.05, 3.63) is 11.6 Å². The van der Waals surface area contributed by atoms with Crippen LogP contribution in [0.2, 0.25) is 0 Å². The summed E-state index contributed by atoms with van der Waals surface area (Å²) in [5.41, 5.74) is 1.81. The number of rotatable bonds is 4. The molecular weight excluding hydrogens is 188 g/mol. The molecule has 0 fully saturated rings. The molecule has 0 N–H and O–H groups in total. The molecular formula is C13H22O2. The van der Waals surface area contributed by atoms with E-state index in [0.29, 0.717) is 17.8 Å². The minimum atomic E-state index is -0.0875. The minimum Gasteiger partial charge on any atom is -0.469 e. The number of carbonyl (C=O) groups excluding carboxylic acids is 1. The van der Waals surface area contributed by atoms with Crippen LogP contribution in [-0.2, 0) is 9.53 Å². The second-order valence-corrected chi connectivity index (χ2v) is 5.01. The van der Waals surface area contributed by atoms with Gasteiger partial charge in [0.05, 0.1) is 7.11 Å². The Morgan fingerprint density at radius 1 is 1.60 bits per heavy atom. The molecule has 86 valence electrons. The molecule has 0 bridgehead atoms. The number of hydrogen-bond donors (Lipinski definition) is 0. The molecule has 0 amide bonds. The van der Waals surface area contributed by atoms with E-state index < -0.39 is 0 Å². The highest BCUT2D eigenvalue weighted by atomic mass is 16.5. The van der Waals surface area contributed by atoms with E-state index in [4.69, 9.17) is 0 Å². The van der Waals surface area contributed by atoms with Crippen molar-refractivity contribution in [1.29, 1.82) is 0 Å². The molecule has 1 unspecified atom stereocenters. The lowest BCUT2D eigenvalue weighted by atomic mass is 9.75. The van der Waals surface area contributed by atoms with Gasteiger partial charge in [-0.05, 0) is 37.5 Å². The Bertz CT molecular complexity index is 264. The van der Waals surface area contributed by atoms with Gasteiger partial charge >= 0.3 is 5.97 Å². The fraction of sp³-hybridized carbons (Fsp3) is 0.769. The Hall–Kier alpha value is -0.790. The zero-order valence-electron chi connectivity index (χ0n) is 10.3. The molecule has 1 aliphatic carbocycles. The summed E-state index contributed by atoms with van der Waals surface area (Å²) in [6.45, 7) is 6.81. The topological polar surface area (TPSA) is 26.3 Å². The van der Waals surface area contributed by atoms with Crippen molar-refractivity contribution in [3.8, 4) is 0 Å². The first-order valence-electron chi connectivity index (χ1n) is 5.72.